The van der Waals surface area contributed by atoms with Gasteiger partial charge in [0.05, 0.1) is 0 Å². The molecule has 0 unspecified atom stereocenters. The van der Waals surface area contributed by atoms with Crippen LogP contribution in [0.4, 0.5) is 0 Å². The SMILES string of the molecule is N#Cc1ccc(Cc2ccccc2)[nH]c1=O. The molecule has 0 aliphatic heterocycles. The highest BCUT2D eigenvalue weighted by Gasteiger charge is 2.00. The fourth-order valence-electron chi connectivity index (χ4n) is 1.52. The molecule has 1 aromatic heterocycles. The summed E-state index contributed by atoms with van der Waals surface area (Å²) in [5, 5.41) is 8.63. The molecule has 1 N–H and O–H groups in total. The first-order valence-electron chi connectivity index (χ1n) is 4.96. The number of rotatable bonds is 2. The van der Waals surface area contributed by atoms with E-state index < -0.39 is 0 Å². The number of nitrogens with one attached hydrogen (secondary N) is 1. The Hall–Kier alpha value is -2.34. The molecule has 0 radical (unpaired) electrons. The first-order chi connectivity index (χ1) is 7.79. The second-order valence-electron chi connectivity index (χ2n) is 3.50. The molecule has 0 spiro atoms. The van der Waals surface area contributed by atoms with Gasteiger partial charge in [0, 0.05) is 12.1 Å². The normalized spacial score (nSPS) is 9.69. The van der Waals surface area contributed by atoms with E-state index in [0.717, 1.165) is 11.3 Å². The van der Waals surface area contributed by atoms with E-state index >= 15 is 0 Å². The van der Waals surface area contributed by atoms with Gasteiger partial charge in [0.25, 0.3) is 5.56 Å². The van der Waals surface area contributed by atoms with Crippen molar-refractivity contribution < 1.29 is 0 Å². The third-order valence-electron chi connectivity index (χ3n) is 2.33. The van der Waals surface area contributed by atoms with Crippen LogP contribution >= 0.6 is 0 Å². The first-order valence-corrected chi connectivity index (χ1v) is 4.96. The van der Waals surface area contributed by atoms with Crippen LogP contribution in [0.5, 0.6) is 0 Å². The Kier molecular flexibility index (Phi) is 2.84. The van der Waals surface area contributed by atoms with Crippen LogP contribution in [0.25, 0.3) is 0 Å². The van der Waals surface area contributed by atoms with Gasteiger partial charge in [0.2, 0.25) is 0 Å². The van der Waals surface area contributed by atoms with E-state index in [9.17, 15) is 4.79 Å². The van der Waals surface area contributed by atoms with Crippen molar-refractivity contribution in [2.75, 3.05) is 0 Å². The zero-order chi connectivity index (χ0) is 11.4. The summed E-state index contributed by atoms with van der Waals surface area (Å²) in [6.07, 6.45) is 0.668. The molecule has 0 bridgehead atoms. The molecule has 0 saturated heterocycles. The maximum absolute atomic E-state index is 11.4. The van der Waals surface area contributed by atoms with Gasteiger partial charge in [-0.05, 0) is 17.7 Å². The lowest BCUT2D eigenvalue weighted by atomic mass is 10.1. The Labute approximate surface area is 93.0 Å². The lowest BCUT2D eigenvalue weighted by Gasteiger charge is -2.01. The molecule has 16 heavy (non-hydrogen) atoms. The van der Waals surface area contributed by atoms with Crippen molar-refractivity contribution >= 4 is 0 Å². The lowest BCUT2D eigenvalue weighted by molar-refractivity contribution is 1.04. The molecule has 3 nitrogen and oxygen atoms in total. The van der Waals surface area contributed by atoms with E-state index in [4.69, 9.17) is 5.26 Å². The predicted octanol–water partition coefficient (Wildman–Crippen LogP) is 1.84. The van der Waals surface area contributed by atoms with Gasteiger partial charge in [-0.3, -0.25) is 4.79 Å². The minimum atomic E-state index is -0.323. The van der Waals surface area contributed by atoms with Crippen LogP contribution < -0.4 is 5.56 Å². The zero-order valence-electron chi connectivity index (χ0n) is 8.60. The highest BCUT2D eigenvalue weighted by atomic mass is 16.1. The average molecular weight is 210 g/mol. The second kappa shape index (κ2) is 4.45. The van der Waals surface area contributed by atoms with E-state index in [1.54, 1.807) is 12.1 Å². The Morgan fingerprint density at radius 1 is 1.12 bits per heavy atom. The number of aromatic amines is 1. The number of H-pyrrole nitrogens is 1. The van der Waals surface area contributed by atoms with Gasteiger partial charge < -0.3 is 4.98 Å². The summed E-state index contributed by atoms with van der Waals surface area (Å²) in [5.41, 5.74) is 1.77. The largest absolute Gasteiger partial charge is 0.325 e. The van der Waals surface area contributed by atoms with Gasteiger partial charge in [0.1, 0.15) is 11.6 Å². The smallest absolute Gasteiger partial charge is 0.266 e. The molecule has 1 heterocycles. The number of hydrogen-bond acceptors (Lipinski definition) is 2. The van der Waals surface area contributed by atoms with Crippen molar-refractivity contribution in [3.8, 4) is 6.07 Å². The fraction of sp³-hybridized carbons (Fsp3) is 0.0769. The third kappa shape index (κ3) is 2.18. The Bertz CT molecular complexity index is 579. The molecule has 2 rings (SSSR count). The summed E-state index contributed by atoms with van der Waals surface area (Å²) in [6.45, 7) is 0. The van der Waals surface area contributed by atoms with E-state index in [-0.39, 0.29) is 11.1 Å². The summed E-state index contributed by atoms with van der Waals surface area (Å²) in [7, 11) is 0. The van der Waals surface area contributed by atoms with Crippen molar-refractivity contribution in [1.29, 1.82) is 5.26 Å². The molecule has 0 fully saturated rings. The molecule has 78 valence electrons. The Morgan fingerprint density at radius 2 is 1.88 bits per heavy atom. The number of nitriles is 1. The van der Waals surface area contributed by atoms with E-state index in [2.05, 4.69) is 4.98 Å². The minimum absolute atomic E-state index is 0.150. The predicted molar refractivity (Wildman–Crippen MR) is 61.0 cm³/mol. The van der Waals surface area contributed by atoms with Crippen LogP contribution in [-0.4, -0.2) is 4.98 Å². The Morgan fingerprint density at radius 3 is 2.50 bits per heavy atom. The summed E-state index contributed by atoms with van der Waals surface area (Å²) < 4.78 is 0. The molecule has 1 aromatic carbocycles. The molecule has 2 aromatic rings. The van der Waals surface area contributed by atoms with Crippen molar-refractivity contribution in [2.24, 2.45) is 0 Å². The number of aromatic nitrogens is 1. The molecule has 3 heteroatoms. The van der Waals surface area contributed by atoms with Crippen LogP contribution in [-0.2, 0) is 6.42 Å². The fourth-order valence-corrected chi connectivity index (χ4v) is 1.52. The van der Waals surface area contributed by atoms with Crippen LogP contribution in [0.2, 0.25) is 0 Å². The number of nitrogens with zero attached hydrogens (tertiary/aromatic N) is 1. The monoisotopic (exact) mass is 210 g/mol. The molecule has 0 aliphatic rings. The highest BCUT2D eigenvalue weighted by Crippen LogP contribution is 2.05. The van der Waals surface area contributed by atoms with Gasteiger partial charge >= 0.3 is 0 Å². The number of pyridine rings is 1. The Balaban J connectivity index is 2.28. The van der Waals surface area contributed by atoms with E-state index in [1.165, 1.54) is 0 Å². The van der Waals surface area contributed by atoms with Crippen LogP contribution in [0.3, 0.4) is 0 Å². The van der Waals surface area contributed by atoms with E-state index in [0.29, 0.717) is 6.42 Å². The average Bonchev–Trinajstić information content (AvgIpc) is 2.31. The summed E-state index contributed by atoms with van der Waals surface area (Å²) >= 11 is 0. The molecule has 0 amide bonds. The van der Waals surface area contributed by atoms with Crippen LogP contribution in [0, 0.1) is 11.3 Å². The molecule has 0 aliphatic carbocycles. The highest BCUT2D eigenvalue weighted by molar-refractivity contribution is 5.28. The van der Waals surface area contributed by atoms with Gasteiger partial charge in [-0.2, -0.15) is 5.26 Å². The van der Waals surface area contributed by atoms with Gasteiger partial charge in [-0.25, -0.2) is 0 Å². The molecule has 0 saturated carbocycles. The first kappa shape index (κ1) is 10.2. The number of benzene rings is 1. The lowest BCUT2D eigenvalue weighted by Crippen LogP contribution is -2.12. The van der Waals surface area contributed by atoms with Crippen molar-refractivity contribution in [1.82, 2.24) is 4.98 Å². The van der Waals surface area contributed by atoms with Gasteiger partial charge in [-0.15, -0.1) is 0 Å². The topological polar surface area (TPSA) is 56.6 Å². The number of hydrogen-bond donors (Lipinski definition) is 1. The summed E-state index contributed by atoms with van der Waals surface area (Å²) in [5.74, 6) is 0. The van der Waals surface area contributed by atoms with Crippen molar-refractivity contribution in [3.63, 3.8) is 0 Å². The van der Waals surface area contributed by atoms with Gasteiger partial charge in [0.15, 0.2) is 0 Å². The molecular weight excluding hydrogens is 200 g/mol. The van der Waals surface area contributed by atoms with E-state index in [1.807, 2.05) is 36.4 Å². The van der Waals surface area contributed by atoms with Crippen molar-refractivity contribution in [3.05, 3.63) is 69.6 Å². The van der Waals surface area contributed by atoms with Crippen LogP contribution in [0.1, 0.15) is 16.8 Å². The molecule has 0 atom stereocenters. The van der Waals surface area contributed by atoms with Crippen LogP contribution in [0.15, 0.2) is 47.3 Å². The standard InChI is InChI=1S/C13H10N2O/c14-9-11-6-7-12(15-13(11)16)8-10-4-2-1-3-5-10/h1-7H,8H2,(H,15,16). The second-order valence-corrected chi connectivity index (χ2v) is 3.50. The zero-order valence-corrected chi connectivity index (χ0v) is 8.60. The summed E-state index contributed by atoms with van der Waals surface area (Å²) in [4.78, 5) is 14.1. The maximum Gasteiger partial charge on any atom is 0.266 e. The third-order valence-corrected chi connectivity index (χ3v) is 2.33. The molecular formula is C13H10N2O. The maximum atomic E-state index is 11.4. The minimum Gasteiger partial charge on any atom is -0.325 e. The quantitative estimate of drug-likeness (QED) is 0.822. The van der Waals surface area contributed by atoms with Gasteiger partial charge in [-0.1, -0.05) is 30.3 Å². The summed E-state index contributed by atoms with van der Waals surface area (Å²) in [6, 6.07) is 15.0. The van der Waals surface area contributed by atoms with Crippen molar-refractivity contribution in [2.45, 2.75) is 6.42 Å².